The van der Waals surface area contributed by atoms with Crippen LogP contribution in [0.4, 0.5) is 0 Å². The summed E-state index contributed by atoms with van der Waals surface area (Å²) in [5, 5.41) is 4.04. The molecule has 1 aliphatic heterocycles. The predicted octanol–water partition coefficient (Wildman–Crippen LogP) is 4.53. The Labute approximate surface area is 146 Å². The Morgan fingerprint density at radius 1 is 1.30 bits per heavy atom. The van der Waals surface area contributed by atoms with E-state index in [0.29, 0.717) is 12.3 Å². The van der Waals surface area contributed by atoms with E-state index in [1.807, 2.05) is 40.7 Å². The van der Waals surface area contributed by atoms with Gasteiger partial charge in [-0.2, -0.15) is 0 Å². The average molecular weight is 349 g/mol. The van der Waals surface area contributed by atoms with E-state index in [1.54, 1.807) is 11.3 Å². The van der Waals surface area contributed by atoms with Crippen LogP contribution in [0.3, 0.4) is 0 Å². The minimum absolute atomic E-state index is 0.273. The van der Waals surface area contributed by atoms with Crippen molar-refractivity contribution in [2.24, 2.45) is 0 Å². The monoisotopic (exact) mass is 348 g/mol. The van der Waals surface area contributed by atoms with Gasteiger partial charge in [-0.25, -0.2) is 4.98 Å². The van der Waals surface area contributed by atoms with E-state index in [0.717, 1.165) is 49.4 Å². The van der Waals surface area contributed by atoms with Gasteiger partial charge in [0.15, 0.2) is 0 Å². The van der Waals surface area contributed by atoms with Crippen LogP contribution in [-0.2, 0) is 11.2 Å². The number of thiazole rings is 1. The number of aromatic nitrogens is 1. The summed E-state index contributed by atoms with van der Waals surface area (Å²) in [5.41, 5.74) is 1.13. The van der Waals surface area contributed by atoms with Crippen molar-refractivity contribution in [1.82, 2.24) is 9.88 Å². The molecule has 3 nitrogen and oxygen atoms in total. The maximum atomic E-state index is 12.3. The van der Waals surface area contributed by atoms with Crippen LogP contribution in [0.5, 0.6) is 0 Å². The number of carbonyl (C=O) groups excluding carboxylic acids is 1. The van der Waals surface area contributed by atoms with E-state index in [1.165, 1.54) is 5.01 Å². The molecule has 5 heteroatoms. The minimum atomic E-state index is 0.273. The van der Waals surface area contributed by atoms with Crippen molar-refractivity contribution >= 4 is 28.8 Å². The number of benzene rings is 1. The van der Waals surface area contributed by atoms with Crippen molar-refractivity contribution in [3.8, 4) is 0 Å². The summed E-state index contributed by atoms with van der Waals surface area (Å²) in [7, 11) is 0. The number of carbonyl (C=O) groups is 1. The Morgan fingerprint density at radius 2 is 2.09 bits per heavy atom. The summed E-state index contributed by atoms with van der Waals surface area (Å²) < 4.78 is 0. The molecule has 1 aromatic heterocycles. The second-order valence-electron chi connectivity index (χ2n) is 5.97. The second kappa shape index (κ2) is 7.93. The van der Waals surface area contributed by atoms with Crippen LogP contribution in [0.25, 0.3) is 0 Å². The molecular formula is C18H21ClN2OS. The molecule has 2 aromatic rings. The maximum absolute atomic E-state index is 12.3. The van der Waals surface area contributed by atoms with Crippen LogP contribution in [0.2, 0.25) is 5.02 Å². The van der Waals surface area contributed by atoms with Crippen LogP contribution in [-0.4, -0.2) is 28.9 Å². The first-order chi connectivity index (χ1) is 11.2. The van der Waals surface area contributed by atoms with E-state index in [4.69, 9.17) is 11.6 Å². The Kier molecular flexibility index (Phi) is 5.68. The fraction of sp³-hybridized carbons (Fsp3) is 0.444. The molecular weight excluding hydrogens is 328 g/mol. The van der Waals surface area contributed by atoms with Gasteiger partial charge in [0.1, 0.15) is 0 Å². The molecule has 0 radical (unpaired) electrons. The lowest BCUT2D eigenvalue weighted by Crippen LogP contribution is -2.37. The first kappa shape index (κ1) is 16.5. The van der Waals surface area contributed by atoms with E-state index < -0.39 is 0 Å². The Balaban J connectivity index is 1.42. The van der Waals surface area contributed by atoms with E-state index in [2.05, 4.69) is 4.98 Å². The third-order valence-electron chi connectivity index (χ3n) is 4.44. The summed E-state index contributed by atoms with van der Waals surface area (Å²) >= 11 is 7.88. The van der Waals surface area contributed by atoms with Crippen molar-refractivity contribution in [2.75, 3.05) is 13.1 Å². The highest BCUT2D eigenvalue weighted by Gasteiger charge is 2.24. The lowest BCUT2D eigenvalue weighted by molar-refractivity contribution is -0.132. The number of rotatable bonds is 5. The first-order valence-corrected chi connectivity index (χ1v) is 9.40. The molecule has 0 spiro atoms. The molecule has 1 fully saturated rings. The second-order valence-corrected chi connectivity index (χ2v) is 7.30. The molecule has 1 aromatic carbocycles. The molecule has 3 rings (SSSR count). The molecule has 1 saturated heterocycles. The lowest BCUT2D eigenvalue weighted by atomic mass is 9.97. The molecule has 2 heterocycles. The standard InChI is InChI=1S/C18H21ClN2OS/c19-16-6-2-1-4-14(16)5-3-7-17(22)21-11-8-15(9-12-21)18-20-10-13-23-18/h1-2,4,6,10,13,15H,3,5,7-9,11-12H2. The molecule has 1 aliphatic rings. The Hall–Kier alpha value is -1.39. The number of halogens is 1. The number of aryl methyl sites for hydroxylation is 1. The van der Waals surface area contributed by atoms with Gasteiger partial charge in [-0.05, 0) is 37.3 Å². The maximum Gasteiger partial charge on any atom is 0.222 e. The van der Waals surface area contributed by atoms with Crippen LogP contribution in [0, 0.1) is 0 Å². The largest absolute Gasteiger partial charge is 0.343 e. The van der Waals surface area contributed by atoms with E-state index in [-0.39, 0.29) is 5.91 Å². The highest BCUT2D eigenvalue weighted by molar-refractivity contribution is 7.09. The zero-order valence-corrected chi connectivity index (χ0v) is 14.7. The van der Waals surface area contributed by atoms with Gasteiger partial charge >= 0.3 is 0 Å². The Bertz CT molecular complexity index is 636. The molecule has 0 saturated carbocycles. The highest BCUT2D eigenvalue weighted by atomic mass is 35.5. The van der Waals surface area contributed by atoms with Gasteiger partial charge in [-0.15, -0.1) is 11.3 Å². The summed E-state index contributed by atoms with van der Waals surface area (Å²) in [6.07, 6.45) is 6.25. The summed E-state index contributed by atoms with van der Waals surface area (Å²) in [5.74, 6) is 0.803. The van der Waals surface area contributed by atoms with Crippen molar-refractivity contribution in [3.63, 3.8) is 0 Å². The van der Waals surface area contributed by atoms with Gasteiger partial charge in [0.2, 0.25) is 5.91 Å². The lowest BCUT2D eigenvalue weighted by Gasteiger charge is -2.31. The van der Waals surface area contributed by atoms with Crippen molar-refractivity contribution < 1.29 is 4.79 Å². The molecule has 0 N–H and O–H groups in total. The predicted molar refractivity (Wildman–Crippen MR) is 95.1 cm³/mol. The van der Waals surface area contributed by atoms with Crippen LogP contribution in [0.1, 0.15) is 42.2 Å². The molecule has 0 aliphatic carbocycles. The molecule has 23 heavy (non-hydrogen) atoms. The third-order valence-corrected chi connectivity index (χ3v) is 5.75. The van der Waals surface area contributed by atoms with Gasteiger partial charge in [-0.1, -0.05) is 29.8 Å². The van der Waals surface area contributed by atoms with Gasteiger partial charge in [0.05, 0.1) is 5.01 Å². The quantitative estimate of drug-likeness (QED) is 0.795. The fourth-order valence-electron chi connectivity index (χ4n) is 3.10. The number of nitrogens with zero attached hydrogens (tertiary/aromatic N) is 2. The molecule has 122 valence electrons. The van der Waals surface area contributed by atoms with Crippen molar-refractivity contribution in [3.05, 3.63) is 51.4 Å². The molecule has 0 unspecified atom stereocenters. The smallest absolute Gasteiger partial charge is 0.222 e. The zero-order chi connectivity index (χ0) is 16.1. The summed E-state index contributed by atoms with van der Waals surface area (Å²) in [6.45, 7) is 1.71. The number of likely N-dealkylation sites (tertiary alicyclic amines) is 1. The summed E-state index contributed by atoms with van der Waals surface area (Å²) in [4.78, 5) is 18.8. The van der Waals surface area contributed by atoms with Crippen molar-refractivity contribution in [1.29, 1.82) is 0 Å². The molecule has 1 amide bonds. The SMILES string of the molecule is O=C(CCCc1ccccc1Cl)N1CCC(c2nccs2)CC1. The highest BCUT2D eigenvalue weighted by Crippen LogP contribution is 2.29. The number of hydrogen-bond acceptors (Lipinski definition) is 3. The van der Waals surface area contributed by atoms with Gasteiger partial charge in [-0.3, -0.25) is 4.79 Å². The first-order valence-electron chi connectivity index (χ1n) is 8.14. The summed E-state index contributed by atoms with van der Waals surface area (Å²) in [6, 6.07) is 7.87. The topological polar surface area (TPSA) is 33.2 Å². The fourth-order valence-corrected chi connectivity index (χ4v) is 4.14. The number of amides is 1. The van der Waals surface area contributed by atoms with Crippen molar-refractivity contribution in [2.45, 2.75) is 38.0 Å². The van der Waals surface area contributed by atoms with Crippen LogP contribution < -0.4 is 0 Å². The van der Waals surface area contributed by atoms with E-state index in [9.17, 15) is 4.79 Å². The Morgan fingerprint density at radius 3 is 2.78 bits per heavy atom. The van der Waals surface area contributed by atoms with Gasteiger partial charge in [0.25, 0.3) is 0 Å². The average Bonchev–Trinajstić information content (AvgIpc) is 3.11. The van der Waals surface area contributed by atoms with Crippen LogP contribution >= 0.6 is 22.9 Å². The molecule has 0 bridgehead atoms. The van der Waals surface area contributed by atoms with Crippen LogP contribution in [0.15, 0.2) is 35.8 Å². The molecule has 0 atom stereocenters. The van der Waals surface area contributed by atoms with Gasteiger partial charge in [0, 0.05) is 42.0 Å². The zero-order valence-electron chi connectivity index (χ0n) is 13.1. The number of hydrogen-bond donors (Lipinski definition) is 0. The third kappa shape index (κ3) is 4.33. The van der Waals surface area contributed by atoms with E-state index >= 15 is 0 Å². The minimum Gasteiger partial charge on any atom is -0.343 e. The normalized spacial score (nSPS) is 15.8. The van der Waals surface area contributed by atoms with Gasteiger partial charge < -0.3 is 4.90 Å². The number of piperidine rings is 1.